The zero-order valence-electron chi connectivity index (χ0n) is 16.3. The van der Waals surface area contributed by atoms with Crippen LogP contribution in [0.15, 0.2) is 24.4 Å². The normalized spacial score (nSPS) is 19.2. The lowest BCUT2D eigenvalue weighted by molar-refractivity contribution is 0.291. The maximum absolute atomic E-state index is 11.6. The fraction of sp³-hybridized carbons (Fsp3) is 0.550. The summed E-state index contributed by atoms with van der Waals surface area (Å²) in [6, 6.07) is 6.25. The van der Waals surface area contributed by atoms with E-state index in [2.05, 4.69) is 9.88 Å². The number of piperidine rings is 1. The predicted octanol–water partition coefficient (Wildman–Crippen LogP) is 3.07. The first kappa shape index (κ1) is 19.4. The number of pyridine rings is 1. The minimum absolute atomic E-state index is 0.301. The van der Waals surface area contributed by atoms with Crippen molar-refractivity contribution in [2.75, 3.05) is 38.8 Å². The molecule has 1 atom stereocenters. The maximum Gasteiger partial charge on any atom is 0.234 e. The molecule has 2 heterocycles. The fourth-order valence-corrected chi connectivity index (χ4v) is 4.85. The van der Waals surface area contributed by atoms with Crippen LogP contribution in [0.5, 0.6) is 11.5 Å². The summed E-state index contributed by atoms with van der Waals surface area (Å²) in [5.74, 6) is 1.83. The average Bonchev–Trinajstić information content (AvgIpc) is 3.55. The predicted molar refractivity (Wildman–Crippen MR) is 110 cm³/mol. The van der Waals surface area contributed by atoms with Gasteiger partial charge in [-0.15, -0.1) is 0 Å². The van der Waals surface area contributed by atoms with Crippen molar-refractivity contribution >= 4 is 27.9 Å². The van der Waals surface area contributed by atoms with Gasteiger partial charge < -0.3 is 14.4 Å². The fourth-order valence-electron chi connectivity index (χ4n) is 4.05. The van der Waals surface area contributed by atoms with Crippen LogP contribution >= 0.6 is 0 Å². The van der Waals surface area contributed by atoms with E-state index in [-0.39, 0.29) is 0 Å². The van der Waals surface area contributed by atoms with Crippen molar-refractivity contribution in [3.8, 4) is 11.5 Å². The Bertz CT molecular complexity index is 866. The van der Waals surface area contributed by atoms with Gasteiger partial charge in [0.15, 0.2) is 11.5 Å². The van der Waals surface area contributed by atoms with Crippen LogP contribution in [-0.2, 0) is 11.3 Å². The second kappa shape index (κ2) is 8.23. The molecule has 0 bridgehead atoms. The number of hydrogen-bond acceptors (Lipinski definition) is 5. The summed E-state index contributed by atoms with van der Waals surface area (Å²) < 4.78 is 33.8. The van der Waals surface area contributed by atoms with Gasteiger partial charge in [-0.2, -0.15) is 4.31 Å². The van der Waals surface area contributed by atoms with Gasteiger partial charge in [-0.3, -0.25) is 9.54 Å². The Balaban J connectivity index is 1.50. The molecule has 0 spiro atoms. The van der Waals surface area contributed by atoms with Gasteiger partial charge in [-0.25, -0.2) is 4.21 Å². The molecule has 2 fully saturated rings. The van der Waals surface area contributed by atoms with Crippen LogP contribution in [0.2, 0.25) is 0 Å². The summed E-state index contributed by atoms with van der Waals surface area (Å²) >= 11 is -1.86. The molecule has 0 radical (unpaired) electrons. The van der Waals surface area contributed by atoms with Gasteiger partial charge in [0.1, 0.15) is 0 Å². The molecule has 1 saturated heterocycles. The third-order valence-electron chi connectivity index (χ3n) is 5.77. The largest absolute Gasteiger partial charge is 0.493 e. The molecule has 1 saturated carbocycles. The Morgan fingerprint density at radius 1 is 1.18 bits per heavy atom. The molecule has 8 heteroatoms. The summed E-state index contributed by atoms with van der Waals surface area (Å²) in [6.07, 6.45) is 5.94. The lowest BCUT2D eigenvalue weighted by Gasteiger charge is -2.35. The first-order valence-electron chi connectivity index (χ1n) is 9.74. The summed E-state index contributed by atoms with van der Waals surface area (Å²) in [6.45, 7) is 2.56. The zero-order chi connectivity index (χ0) is 19.7. The molecule has 1 aliphatic carbocycles. The van der Waals surface area contributed by atoms with E-state index in [1.165, 1.54) is 0 Å². The van der Waals surface area contributed by atoms with Crippen LogP contribution in [0.25, 0.3) is 10.9 Å². The molecule has 1 N–H and O–H groups in total. The molecule has 1 aliphatic heterocycles. The monoisotopic (exact) mass is 405 g/mol. The Morgan fingerprint density at radius 2 is 1.86 bits per heavy atom. The van der Waals surface area contributed by atoms with Crippen molar-refractivity contribution in [1.29, 1.82) is 0 Å². The van der Waals surface area contributed by atoms with Crippen molar-refractivity contribution in [2.24, 2.45) is 5.92 Å². The SMILES string of the molecule is COc1cc2nccc(N3CCC(CN(C4CC4)S(=O)O)CC3)c2cc1OC. The number of rotatable bonds is 7. The molecule has 28 heavy (non-hydrogen) atoms. The third-order valence-corrected chi connectivity index (χ3v) is 6.62. The van der Waals surface area contributed by atoms with Crippen LogP contribution in [-0.4, -0.2) is 57.9 Å². The summed E-state index contributed by atoms with van der Waals surface area (Å²) in [5.41, 5.74) is 2.03. The molecular weight excluding hydrogens is 378 g/mol. The number of aromatic nitrogens is 1. The van der Waals surface area contributed by atoms with Gasteiger partial charge in [-0.05, 0) is 43.7 Å². The molecule has 1 aromatic heterocycles. The topological polar surface area (TPSA) is 75.1 Å². The molecule has 4 rings (SSSR count). The van der Waals surface area contributed by atoms with E-state index in [4.69, 9.17) is 9.47 Å². The third kappa shape index (κ3) is 3.94. The van der Waals surface area contributed by atoms with E-state index in [0.717, 1.165) is 55.4 Å². The minimum Gasteiger partial charge on any atom is -0.493 e. The van der Waals surface area contributed by atoms with Crippen LogP contribution in [0.4, 0.5) is 5.69 Å². The number of ether oxygens (including phenoxy) is 2. The average molecular weight is 406 g/mol. The van der Waals surface area contributed by atoms with E-state index in [9.17, 15) is 8.76 Å². The van der Waals surface area contributed by atoms with Crippen molar-refractivity contribution in [3.05, 3.63) is 24.4 Å². The molecule has 7 nitrogen and oxygen atoms in total. The smallest absolute Gasteiger partial charge is 0.234 e. The number of fused-ring (bicyclic) bond motifs is 1. The number of anilines is 1. The molecule has 1 aromatic carbocycles. The quantitative estimate of drug-likeness (QED) is 0.714. The molecule has 2 aliphatic rings. The van der Waals surface area contributed by atoms with Gasteiger partial charge in [0.25, 0.3) is 0 Å². The molecule has 2 aromatic rings. The Labute approximate surface area is 168 Å². The molecule has 1 unspecified atom stereocenters. The summed E-state index contributed by atoms with van der Waals surface area (Å²) in [5, 5.41) is 1.05. The van der Waals surface area contributed by atoms with E-state index < -0.39 is 11.3 Å². The number of benzene rings is 1. The Kier molecular flexibility index (Phi) is 5.70. The van der Waals surface area contributed by atoms with E-state index in [1.807, 2.05) is 24.4 Å². The van der Waals surface area contributed by atoms with Gasteiger partial charge in [0.05, 0.1) is 19.7 Å². The highest BCUT2D eigenvalue weighted by Gasteiger charge is 2.35. The summed E-state index contributed by atoms with van der Waals surface area (Å²) in [7, 11) is 3.27. The van der Waals surface area contributed by atoms with Crippen molar-refractivity contribution in [2.45, 2.75) is 31.7 Å². The van der Waals surface area contributed by atoms with Gasteiger partial charge in [0.2, 0.25) is 11.3 Å². The molecular formula is C20H27N3O4S. The number of nitrogens with zero attached hydrogens (tertiary/aromatic N) is 3. The molecule has 0 amide bonds. The van der Waals surface area contributed by atoms with E-state index in [1.54, 1.807) is 18.5 Å². The van der Waals surface area contributed by atoms with Crippen LogP contribution in [0.3, 0.4) is 0 Å². The second-order valence-corrected chi connectivity index (χ2v) is 8.48. The zero-order valence-corrected chi connectivity index (χ0v) is 17.2. The Morgan fingerprint density at radius 3 is 2.46 bits per heavy atom. The van der Waals surface area contributed by atoms with E-state index >= 15 is 0 Å². The van der Waals surface area contributed by atoms with Gasteiger partial charge >= 0.3 is 0 Å². The van der Waals surface area contributed by atoms with Crippen LogP contribution in [0, 0.1) is 5.92 Å². The highest BCUT2D eigenvalue weighted by Crippen LogP contribution is 2.37. The second-order valence-electron chi connectivity index (χ2n) is 7.55. The highest BCUT2D eigenvalue weighted by molar-refractivity contribution is 7.76. The molecule has 152 valence electrons. The number of methoxy groups -OCH3 is 2. The van der Waals surface area contributed by atoms with Crippen molar-refractivity contribution < 1.29 is 18.2 Å². The standard InChI is InChI=1S/C20H27N3O4S/c1-26-19-11-16-17(12-20(19)27-2)21-8-5-18(16)22-9-6-14(7-10-22)13-23(28(24)25)15-3-4-15/h5,8,11-12,14-15H,3-4,6-7,9-10,13H2,1-2H3,(H,24,25). The van der Waals surface area contributed by atoms with Crippen molar-refractivity contribution in [3.63, 3.8) is 0 Å². The summed E-state index contributed by atoms with van der Waals surface area (Å²) in [4.78, 5) is 6.87. The van der Waals surface area contributed by atoms with Crippen LogP contribution in [0.1, 0.15) is 25.7 Å². The van der Waals surface area contributed by atoms with Gasteiger partial charge in [0, 0.05) is 49.0 Å². The van der Waals surface area contributed by atoms with E-state index in [0.29, 0.717) is 30.0 Å². The maximum atomic E-state index is 11.6. The lowest BCUT2D eigenvalue weighted by atomic mass is 9.96. The van der Waals surface area contributed by atoms with Crippen molar-refractivity contribution in [1.82, 2.24) is 9.29 Å². The minimum atomic E-state index is -1.86. The highest BCUT2D eigenvalue weighted by atomic mass is 32.2. The Hall–Kier alpha value is -1.90. The first-order valence-corrected chi connectivity index (χ1v) is 10.8. The first-order chi connectivity index (χ1) is 13.6. The number of hydrogen-bond donors (Lipinski definition) is 1. The lowest BCUT2D eigenvalue weighted by Crippen LogP contribution is -2.40. The van der Waals surface area contributed by atoms with Crippen LogP contribution < -0.4 is 14.4 Å². The van der Waals surface area contributed by atoms with Gasteiger partial charge in [-0.1, -0.05) is 0 Å².